The number of hydrogen-bond donors (Lipinski definition) is 1. The van der Waals surface area contributed by atoms with E-state index in [9.17, 15) is 14.9 Å². The lowest BCUT2D eigenvalue weighted by molar-refractivity contribution is -0.140. The average molecular weight is 399 g/mol. The first-order valence-electron chi connectivity index (χ1n) is 10.2. The number of ether oxygens (including phenoxy) is 1. The third kappa shape index (κ3) is 4.44. The van der Waals surface area contributed by atoms with Gasteiger partial charge in [-0.15, -0.1) is 0 Å². The van der Waals surface area contributed by atoms with Crippen molar-refractivity contribution in [3.8, 4) is 6.07 Å². The number of carbonyl (C=O) groups is 2. The van der Waals surface area contributed by atoms with Crippen molar-refractivity contribution in [1.82, 2.24) is 15.1 Å². The molecule has 29 heavy (non-hydrogen) atoms. The Morgan fingerprint density at radius 1 is 1.34 bits per heavy atom. The van der Waals surface area contributed by atoms with Crippen LogP contribution in [0.4, 0.5) is 0 Å². The Kier molecular flexibility index (Phi) is 6.56. The van der Waals surface area contributed by atoms with Crippen LogP contribution in [-0.4, -0.2) is 60.1 Å². The van der Waals surface area contributed by atoms with Gasteiger partial charge in [0.25, 0.3) is 0 Å². The summed E-state index contributed by atoms with van der Waals surface area (Å²) in [6, 6.07) is 9.43. The quantitative estimate of drug-likeness (QED) is 0.791. The number of hydrogen-bond acceptors (Lipinski definition) is 5. The zero-order valence-electron chi connectivity index (χ0n) is 17.5. The molecule has 1 atom stereocenters. The maximum atomic E-state index is 13.3. The summed E-state index contributed by atoms with van der Waals surface area (Å²) in [5.41, 5.74) is 0.964. The molecule has 0 radical (unpaired) electrons. The number of methoxy groups -OCH3 is 1. The molecule has 0 aromatic heterocycles. The summed E-state index contributed by atoms with van der Waals surface area (Å²) in [4.78, 5) is 29.2. The Morgan fingerprint density at radius 3 is 2.66 bits per heavy atom. The molecule has 2 heterocycles. The molecular formula is C22H30N4O3. The maximum absolute atomic E-state index is 13.3. The molecule has 0 aliphatic carbocycles. The van der Waals surface area contributed by atoms with Crippen molar-refractivity contribution in [2.75, 3.05) is 26.8 Å². The summed E-state index contributed by atoms with van der Waals surface area (Å²) in [5.74, 6) is 0.457. The van der Waals surface area contributed by atoms with Crippen molar-refractivity contribution in [2.24, 2.45) is 5.92 Å². The number of likely N-dealkylation sites (tertiary alicyclic amines) is 1. The fourth-order valence-corrected chi connectivity index (χ4v) is 4.42. The van der Waals surface area contributed by atoms with Crippen LogP contribution in [0.25, 0.3) is 0 Å². The van der Waals surface area contributed by atoms with Gasteiger partial charge in [0.1, 0.15) is 6.61 Å². The van der Waals surface area contributed by atoms with Crippen LogP contribution in [0, 0.1) is 17.2 Å². The summed E-state index contributed by atoms with van der Waals surface area (Å²) in [5, 5.41) is 13.1. The van der Waals surface area contributed by atoms with Gasteiger partial charge in [0.2, 0.25) is 11.8 Å². The molecule has 0 saturated carbocycles. The van der Waals surface area contributed by atoms with Crippen molar-refractivity contribution < 1.29 is 14.3 Å². The van der Waals surface area contributed by atoms with Crippen molar-refractivity contribution in [2.45, 2.75) is 51.4 Å². The largest absolute Gasteiger partial charge is 0.375 e. The normalized spacial score (nSPS) is 21.1. The molecule has 2 amide bonds. The molecule has 1 aromatic rings. The minimum absolute atomic E-state index is 0.0215. The number of piperidine rings is 1. The molecule has 2 aliphatic heterocycles. The molecule has 2 saturated heterocycles. The summed E-state index contributed by atoms with van der Waals surface area (Å²) >= 11 is 0. The number of amides is 2. The lowest BCUT2D eigenvalue weighted by atomic mass is 9.94. The second-order valence-corrected chi connectivity index (χ2v) is 8.37. The molecule has 1 spiro atoms. The van der Waals surface area contributed by atoms with Crippen LogP contribution in [0.15, 0.2) is 24.3 Å². The molecular weight excluding hydrogens is 368 g/mol. The fourth-order valence-electron chi connectivity index (χ4n) is 4.42. The van der Waals surface area contributed by atoms with Crippen LogP contribution in [0.3, 0.4) is 0 Å². The Labute approximate surface area is 172 Å². The lowest BCUT2D eigenvalue weighted by Gasteiger charge is -2.44. The molecule has 3 rings (SSSR count). The maximum Gasteiger partial charge on any atom is 0.248 e. The van der Waals surface area contributed by atoms with Gasteiger partial charge in [-0.3, -0.25) is 14.9 Å². The van der Waals surface area contributed by atoms with Gasteiger partial charge in [0.15, 0.2) is 0 Å². The van der Waals surface area contributed by atoms with Crippen LogP contribution in [0.1, 0.15) is 44.2 Å². The van der Waals surface area contributed by atoms with E-state index >= 15 is 0 Å². The van der Waals surface area contributed by atoms with E-state index in [2.05, 4.69) is 25.2 Å². The Hall–Kier alpha value is -2.43. The number of nitrogens with one attached hydrogen (secondary N) is 1. The predicted molar refractivity (Wildman–Crippen MR) is 109 cm³/mol. The summed E-state index contributed by atoms with van der Waals surface area (Å²) < 4.78 is 4.98. The van der Waals surface area contributed by atoms with E-state index in [0.717, 1.165) is 12.0 Å². The first-order valence-corrected chi connectivity index (χ1v) is 10.2. The molecule has 1 aromatic carbocycles. The van der Waals surface area contributed by atoms with Gasteiger partial charge in [0.05, 0.1) is 23.3 Å². The number of nitrogens with zero attached hydrogens (tertiary/aromatic N) is 3. The van der Waals surface area contributed by atoms with Crippen molar-refractivity contribution in [3.63, 3.8) is 0 Å². The van der Waals surface area contributed by atoms with E-state index in [4.69, 9.17) is 4.74 Å². The minimum atomic E-state index is -0.483. The topological polar surface area (TPSA) is 85.7 Å². The van der Waals surface area contributed by atoms with E-state index in [0.29, 0.717) is 44.0 Å². The standard InChI is InChI=1S/C22H30N4O3/c1-16(2)12-19-21(28)26(14-18-7-5-4-6-17(18)13-23)22(24-19)8-10-25(11-9-22)20(27)15-29-3/h4-7,16,19,24H,8-12,14-15H2,1-3H3. The van der Waals surface area contributed by atoms with E-state index in [1.165, 1.54) is 7.11 Å². The van der Waals surface area contributed by atoms with Crippen molar-refractivity contribution in [3.05, 3.63) is 35.4 Å². The summed E-state index contributed by atoms with van der Waals surface area (Å²) in [7, 11) is 1.52. The monoisotopic (exact) mass is 398 g/mol. The predicted octanol–water partition coefficient (Wildman–Crippen LogP) is 1.87. The van der Waals surface area contributed by atoms with Crippen LogP contribution in [0.2, 0.25) is 0 Å². The van der Waals surface area contributed by atoms with Gasteiger partial charge in [-0.25, -0.2) is 0 Å². The van der Waals surface area contributed by atoms with E-state index in [1.807, 2.05) is 23.1 Å². The van der Waals surface area contributed by atoms with Crippen LogP contribution in [-0.2, 0) is 20.9 Å². The minimum Gasteiger partial charge on any atom is -0.375 e. The van der Waals surface area contributed by atoms with Gasteiger partial charge >= 0.3 is 0 Å². The molecule has 1 N–H and O–H groups in total. The van der Waals surface area contributed by atoms with E-state index < -0.39 is 5.66 Å². The molecule has 7 heteroatoms. The lowest BCUT2D eigenvalue weighted by Crippen LogP contribution is -2.59. The summed E-state index contributed by atoms with van der Waals surface area (Å²) in [6.07, 6.45) is 2.10. The first kappa shape index (κ1) is 21.3. The highest BCUT2D eigenvalue weighted by Gasteiger charge is 2.51. The van der Waals surface area contributed by atoms with Crippen LogP contribution in [0.5, 0.6) is 0 Å². The smallest absolute Gasteiger partial charge is 0.248 e. The fraction of sp³-hybridized carbons (Fsp3) is 0.591. The average Bonchev–Trinajstić information content (AvgIpc) is 2.94. The van der Waals surface area contributed by atoms with Gasteiger partial charge in [0, 0.05) is 39.6 Å². The van der Waals surface area contributed by atoms with Gasteiger partial charge in [-0.05, 0) is 24.0 Å². The molecule has 2 fully saturated rings. The Morgan fingerprint density at radius 2 is 2.03 bits per heavy atom. The van der Waals surface area contributed by atoms with E-state index in [1.54, 1.807) is 11.0 Å². The molecule has 7 nitrogen and oxygen atoms in total. The highest BCUT2D eigenvalue weighted by molar-refractivity contribution is 5.85. The highest BCUT2D eigenvalue weighted by atomic mass is 16.5. The zero-order chi connectivity index (χ0) is 21.0. The molecule has 2 aliphatic rings. The second kappa shape index (κ2) is 8.93. The number of carbonyl (C=O) groups excluding carboxylic acids is 2. The third-order valence-electron chi connectivity index (χ3n) is 5.91. The highest BCUT2D eigenvalue weighted by Crippen LogP contribution is 2.35. The number of rotatable bonds is 6. The van der Waals surface area contributed by atoms with E-state index in [-0.39, 0.29) is 24.5 Å². The van der Waals surface area contributed by atoms with Gasteiger partial charge in [-0.2, -0.15) is 5.26 Å². The number of benzene rings is 1. The molecule has 0 bridgehead atoms. The van der Waals surface area contributed by atoms with Crippen LogP contribution >= 0.6 is 0 Å². The van der Waals surface area contributed by atoms with Crippen molar-refractivity contribution >= 4 is 11.8 Å². The molecule has 156 valence electrons. The Bertz CT molecular complexity index is 793. The van der Waals surface area contributed by atoms with Crippen molar-refractivity contribution in [1.29, 1.82) is 5.26 Å². The molecule has 1 unspecified atom stereocenters. The number of nitriles is 1. The second-order valence-electron chi connectivity index (χ2n) is 8.37. The Balaban J connectivity index is 1.84. The van der Waals surface area contributed by atoms with Gasteiger partial charge in [-0.1, -0.05) is 32.0 Å². The summed E-state index contributed by atoms with van der Waals surface area (Å²) in [6.45, 7) is 5.86. The first-order chi connectivity index (χ1) is 13.9. The zero-order valence-corrected chi connectivity index (χ0v) is 17.5. The van der Waals surface area contributed by atoms with Crippen LogP contribution < -0.4 is 5.32 Å². The SMILES string of the molecule is COCC(=O)N1CCC2(CC1)NC(CC(C)C)C(=O)N2Cc1ccccc1C#N. The van der Waals surface area contributed by atoms with Gasteiger partial charge < -0.3 is 14.5 Å². The third-order valence-corrected chi connectivity index (χ3v) is 5.91.